The molecule has 2 amide bonds. The number of halogens is 1. The van der Waals surface area contributed by atoms with Crippen LogP contribution in [0.5, 0.6) is 0 Å². The molecule has 1 aromatic carbocycles. The van der Waals surface area contributed by atoms with Gasteiger partial charge in [0.2, 0.25) is 5.91 Å². The maximum absolute atomic E-state index is 13.7. The van der Waals surface area contributed by atoms with E-state index in [9.17, 15) is 18.8 Å². The second kappa shape index (κ2) is 7.18. The summed E-state index contributed by atoms with van der Waals surface area (Å²) in [5.41, 5.74) is 5.12. The summed E-state index contributed by atoms with van der Waals surface area (Å²) >= 11 is 0. The first-order valence-corrected chi connectivity index (χ1v) is 6.09. The third-order valence-corrected chi connectivity index (χ3v) is 2.55. The minimum atomic E-state index is -1.20. The van der Waals surface area contributed by atoms with Crippen LogP contribution in [-0.4, -0.2) is 28.9 Å². The van der Waals surface area contributed by atoms with Gasteiger partial charge in [-0.25, -0.2) is 9.18 Å². The van der Waals surface area contributed by atoms with E-state index in [2.05, 4.69) is 5.32 Å². The predicted molar refractivity (Wildman–Crippen MR) is 73.8 cm³/mol. The second-order valence-electron chi connectivity index (χ2n) is 4.45. The Morgan fingerprint density at radius 3 is 2.62 bits per heavy atom. The maximum atomic E-state index is 13.7. The molecule has 4 N–H and O–H groups in total. The first kappa shape index (κ1) is 16.4. The summed E-state index contributed by atoms with van der Waals surface area (Å²) < 4.78 is 13.7. The molecule has 112 valence electrons. The van der Waals surface area contributed by atoms with E-state index < -0.39 is 29.6 Å². The van der Waals surface area contributed by atoms with Gasteiger partial charge < -0.3 is 16.2 Å². The number of hydrogen-bond acceptors (Lipinski definition) is 3. The van der Waals surface area contributed by atoms with Gasteiger partial charge in [0.25, 0.3) is 5.91 Å². The third-order valence-electron chi connectivity index (χ3n) is 2.55. The van der Waals surface area contributed by atoms with Crippen molar-refractivity contribution in [3.05, 3.63) is 41.2 Å². The summed E-state index contributed by atoms with van der Waals surface area (Å²) in [6.45, 7) is 1.60. The molecule has 0 spiro atoms. The molecule has 1 unspecified atom stereocenters. The highest BCUT2D eigenvalue weighted by molar-refractivity contribution is 5.95. The molecule has 0 aliphatic heterocycles. The van der Waals surface area contributed by atoms with Crippen LogP contribution in [-0.2, 0) is 9.59 Å². The average molecular weight is 294 g/mol. The van der Waals surface area contributed by atoms with Crippen molar-refractivity contribution in [3.63, 3.8) is 0 Å². The van der Waals surface area contributed by atoms with Crippen LogP contribution in [0.25, 0.3) is 6.08 Å². The van der Waals surface area contributed by atoms with Gasteiger partial charge in [-0.3, -0.25) is 9.59 Å². The number of aliphatic carboxylic acids is 1. The number of amides is 2. The highest BCUT2D eigenvalue weighted by Gasteiger charge is 2.13. The number of nitrogens with two attached hydrogens (primary N) is 1. The zero-order valence-corrected chi connectivity index (χ0v) is 11.3. The molecule has 0 fully saturated rings. The SMILES string of the molecule is CC(CC(N)=O)NC(=O)c1ccc(/C=C/C(=O)O)c(F)c1. The van der Waals surface area contributed by atoms with Crippen molar-refractivity contribution in [2.45, 2.75) is 19.4 Å². The Labute approximate surface area is 120 Å². The molecule has 0 aliphatic carbocycles. The molecule has 7 heteroatoms. The zero-order valence-electron chi connectivity index (χ0n) is 11.3. The molecule has 0 heterocycles. The van der Waals surface area contributed by atoms with Crippen LogP contribution in [0, 0.1) is 5.82 Å². The zero-order chi connectivity index (χ0) is 16.0. The van der Waals surface area contributed by atoms with Gasteiger partial charge in [-0.1, -0.05) is 6.07 Å². The average Bonchev–Trinajstić information content (AvgIpc) is 2.35. The first-order chi connectivity index (χ1) is 9.79. The molecule has 1 atom stereocenters. The molecule has 1 aromatic rings. The lowest BCUT2D eigenvalue weighted by molar-refractivity contribution is -0.131. The van der Waals surface area contributed by atoms with Crippen molar-refractivity contribution < 1.29 is 23.9 Å². The smallest absolute Gasteiger partial charge is 0.328 e. The monoisotopic (exact) mass is 294 g/mol. The molecule has 21 heavy (non-hydrogen) atoms. The minimum absolute atomic E-state index is 0.0202. The van der Waals surface area contributed by atoms with Gasteiger partial charge in [0.15, 0.2) is 0 Å². The predicted octanol–water partition coefficient (Wildman–Crippen LogP) is 0.917. The van der Waals surface area contributed by atoms with Gasteiger partial charge >= 0.3 is 5.97 Å². The molecular weight excluding hydrogens is 279 g/mol. The Balaban J connectivity index is 2.81. The van der Waals surface area contributed by atoms with E-state index in [0.29, 0.717) is 0 Å². The summed E-state index contributed by atoms with van der Waals surface area (Å²) in [6, 6.07) is 3.18. The van der Waals surface area contributed by atoms with Crippen LogP contribution in [0.15, 0.2) is 24.3 Å². The number of benzene rings is 1. The van der Waals surface area contributed by atoms with Gasteiger partial charge in [-0.05, 0) is 25.1 Å². The van der Waals surface area contributed by atoms with Crippen LogP contribution in [0.1, 0.15) is 29.3 Å². The molecule has 0 saturated heterocycles. The Kier molecular flexibility index (Phi) is 5.59. The van der Waals surface area contributed by atoms with Crippen molar-refractivity contribution in [1.82, 2.24) is 5.32 Å². The summed E-state index contributed by atoms with van der Waals surface area (Å²) in [6.07, 6.45) is 1.87. The van der Waals surface area contributed by atoms with Crippen LogP contribution >= 0.6 is 0 Å². The molecule has 0 saturated carbocycles. The number of carboxylic acids is 1. The topological polar surface area (TPSA) is 109 Å². The van der Waals surface area contributed by atoms with Gasteiger partial charge in [-0.2, -0.15) is 0 Å². The summed E-state index contributed by atoms with van der Waals surface area (Å²) in [5, 5.41) is 11.0. The standard InChI is InChI=1S/C14H15FN2O4/c1-8(6-12(16)18)17-14(21)10-3-2-9(11(15)7-10)4-5-13(19)20/h2-5,7-8H,6H2,1H3,(H2,16,18)(H,17,21)(H,19,20)/b5-4+. The fraction of sp³-hybridized carbons (Fsp3) is 0.214. The molecule has 6 nitrogen and oxygen atoms in total. The number of hydrogen-bond donors (Lipinski definition) is 3. The van der Waals surface area contributed by atoms with E-state index >= 15 is 0 Å². The largest absolute Gasteiger partial charge is 0.478 e. The van der Waals surface area contributed by atoms with Gasteiger partial charge in [-0.15, -0.1) is 0 Å². The van der Waals surface area contributed by atoms with E-state index in [4.69, 9.17) is 10.8 Å². The summed E-state index contributed by atoms with van der Waals surface area (Å²) in [7, 11) is 0. The minimum Gasteiger partial charge on any atom is -0.478 e. The van der Waals surface area contributed by atoms with Crippen molar-refractivity contribution in [1.29, 1.82) is 0 Å². The van der Waals surface area contributed by atoms with E-state index in [0.717, 1.165) is 18.2 Å². The molecule has 0 aromatic heterocycles. The Hall–Kier alpha value is -2.70. The Morgan fingerprint density at radius 2 is 2.10 bits per heavy atom. The normalized spacial score (nSPS) is 12.1. The van der Waals surface area contributed by atoms with E-state index in [-0.39, 0.29) is 17.5 Å². The number of rotatable bonds is 6. The van der Waals surface area contributed by atoms with Gasteiger partial charge in [0, 0.05) is 29.7 Å². The maximum Gasteiger partial charge on any atom is 0.328 e. The summed E-state index contributed by atoms with van der Waals surface area (Å²) in [4.78, 5) is 32.9. The Bertz CT molecular complexity index is 599. The van der Waals surface area contributed by atoms with Crippen molar-refractivity contribution in [2.75, 3.05) is 0 Å². The van der Waals surface area contributed by atoms with Gasteiger partial charge in [0.05, 0.1) is 0 Å². The number of carboxylic acid groups (broad SMARTS) is 1. The van der Waals surface area contributed by atoms with E-state index in [1.54, 1.807) is 6.92 Å². The van der Waals surface area contributed by atoms with Crippen LogP contribution in [0.2, 0.25) is 0 Å². The van der Waals surface area contributed by atoms with Crippen LogP contribution in [0.4, 0.5) is 4.39 Å². The number of carbonyl (C=O) groups excluding carboxylic acids is 2. The first-order valence-electron chi connectivity index (χ1n) is 6.09. The van der Waals surface area contributed by atoms with E-state index in [1.807, 2.05) is 0 Å². The third kappa shape index (κ3) is 5.43. The fourth-order valence-electron chi connectivity index (χ4n) is 1.62. The number of nitrogens with one attached hydrogen (secondary N) is 1. The molecule has 0 bridgehead atoms. The molecule has 1 rings (SSSR count). The molecule has 0 radical (unpaired) electrons. The highest BCUT2D eigenvalue weighted by Crippen LogP contribution is 2.12. The lowest BCUT2D eigenvalue weighted by atomic mass is 10.1. The fourth-order valence-corrected chi connectivity index (χ4v) is 1.62. The highest BCUT2D eigenvalue weighted by atomic mass is 19.1. The van der Waals surface area contributed by atoms with Crippen molar-refractivity contribution in [3.8, 4) is 0 Å². The quantitative estimate of drug-likeness (QED) is 0.677. The number of carbonyl (C=O) groups is 3. The Morgan fingerprint density at radius 1 is 1.43 bits per heavy atom. The number of primary amides is 1. The van der Waals surface area contributed by atoms with Crippen molar-refractivity contribution in [2.24, 2.45) is 5.73 Å². The lowest BCUT2D eigenvalue weighted by Gasteiger charge is -2.12. The lowest BCUT2D eigenvalue weighted by Crippen LogP contribution is -2.35. The van der Waals surface area contributed by atoms with Crippen molar-refractivity contribution >= 4 is 23.9 Å². The van der Waals surface area contributed by atoms with Crippen LogP contribution in [0.3, 0.4) is 0 Å². The van der Waals surface area contributed by atoms with Crippen LogP contribution < -0.4 is 11.1 Å². The second-order valence-corrected chi connectivity index (χ2v) is 4.45. The summed E-state index contributed by atoms with van der Waals surface area (Å²) in [5.74, 6) is -3.02. The van der Waals surface area contributed by atoms with E-state index in [1.165, 1.54) is 12.1 Å². The molecule has 0 aliphatic rings. The molecular formula is C14H15FN2O4. The van der Waals surface area contributed by atoms with Gasteiger partial charge in [0.1, 0.15) is 5.82 Å².